The number of likely N-dealkylation sites (N-methyl/N-ethyl adjacent to an activating group) is 1. The van der Waals surface area contributed by atoms with Crippen LogP contribution in [0.1, 0.15) is 63.8 Å². The minimum atomic E-state index is -1.22. The third-order valence-electron chi connectivity index (χ3n) is 7.51. The standard InChI is InChI=1S/C30H37FN4O/c1-7-34(28(36)30(32-6)18-16-29(5,31)17-19-30)20-22(4)23-12-14-24(15-13-23)35-26-11-9-8-10-25(26)33-27(35)21(2)3/h7-15,21,32H,1,4,16-20H2,2-3,5-6H3. The van der Waals surface area contributed by atoms with E-state index >= 15 is 0 Å². The first-order valence-corrected chi connectivity index (χ1v) is 12.7. The first kappa shape index (κ1) is 25.8. The van der Waals surface area contributed by atoms with Crippen LogP contribution < -0.4 is 5.32 Å². The van der Waals surface area contributed by atoms with Crippen molar-refractivity contribution in [3.8, 4) is 5.69 Å². The number of carbonyl (C=O) groups excluding carboxylic acids is 1. The van der Waals surface area contributed by atoms with Gasteiger partial charge in [-0.05, 0) is 75.1 Å². The first-order chi connectivity index (χ1) is 17.1. The molecule has 4 rings (SSSR count). The van der Waals surface area contributed by atoms with Gasteiger partial charge in [-0.15, -0.1) is 0 Å². The molecule has 0 bridgehead atoms. The SMILES string of the molecule is C=CN(CC(=C)c1ccc(-n2c(C(C)C)nc3ccccc32)cc1)C(=O)C1(NC)CCC(C)(F)CC1. The molecule has 0 unspecified atom stereocenters. The Bertz CT molecular complexity index is 1260. The van der Waals surface area contributed by atoms with E-state index in [1.807, 2.05) is 30.3 Å². The highest BCUT2D eigenvalue weighted by Gasteiger charge is 2.46. The molecule has 0 radical (unpaired) electrons. The predicted molar refractivity (Wildman–Crippen MR) is 146 cm³/mol. The van der Waals surface area contributed by atoms with E-state index in [0.717, 1.165) is 33.7 Å². The molecule has 1 heterocycles. The van der Waals surface area contributed by atoms with Crippen molar-refractivity contribution in [1.82, 2.24) is 19.8 Å². The molecular weight excluding hydrogens is 451 g/mol. The number of aromatic nitrogens is 2. The van der Waals surface area contributed by atoms with Gasteiger partial charge < -0.3 is 10.2 Å². The fourth-order valence-electron chi connectivity index (χ4n) is 5.11. The number of amides is 1. The smallest absolute Gasteiger partial charge is 0.247 e. The molecule has 0 atom stereocenters. The lowest BCUT2D eigenvalue weighted by Crippen LogP contribution is -2.58. The average Bonchev–Trinajstić information content (AvgIpc) is 3.27. The first-order valence-electron chi connectivity index (χ1n) is 12.7. The van der Waals surface area contributed by atoms with Crippen LogP contribution in [0.2, 0.25) is 0 Å². The number of rotatable bonds is 8. The third kappa shape index (κ3) is 4.87. The molecule has 0 aliphatic heterocycles. The summed E-state index contributed by atoms with van der Waals surface area (Å²) in [6.45, 7) is 14.4. The molecule has 1 N–H and O–H groups in total. The molecule has 1 fully saturated rings. The summed E-state index contributed by atoms with van der Waals surface area (Å²) in [5, 5.41) is 3.19. The zero-order chi connectivity index (χ0) is 26.1. The van der Waals surface area contributed by atoms with Crippen LogP contribution in [0.4, 0.5) is 4.39 Å². The van der Waals surface area contributed by atoms with Crippen molar-refractivity contribution < 1.29 is 9.18 Å². The van der Waals surface area contributed by atoms with Gasteiger partial charge in [0, 0.05) is 17.8 Å². The van der Waals surface area contributed by atoms with E-state index in [-0.39, 0.29) is 11.8 Å². The molecule has 2 aromatic carbocycles. The maximum Gasteiger partial charge on any atom is 0.247 e. The summed E-state index contributed by atoms with van der Waals surface area (Å²) in [6, 6.07) is 16.4. The highest BCUT2D eigenvalue weighted by atomic mass is 19.1. The lowest BCUT2D eigenvalue weighted by atomic mass is 9.75. The van der Waals surface area contributed by atoms with E-state index in [1.54, 1.807) is 25.1 Å². The Balaban J connectivity index is 1.54. The van der Waals surface area contributed by atoms with Gasteiger partial charge in [-0.3, -0.25) is 9.36 Å². The van der Waals surface area contributed by atoms with Gasteiger partial charge in [0.25, 0.3) is 0 Å². The summed E-state index contributed by atoms with van der Waals surface area (Å²) >= 11 is 0. The maximum absolute atomic E-state index is 14.4. The van der Waals surface area contributed by atoms with Gasteiger partial charge in [-0.1, -0.05) is 51.3 Å². The van der Waals surface area contributed by atoms with Crippen molar-refractivity contribution in [3.63, 3.8) is 0 Å². The zero-order valence-corrected chi connectivity index (χ0v) is 21.9. The number of hydrogen-bond acceptors (Lipinski definition) is 3. The molecule has 36 heavy (non-hydrogen) atoms. The molecule has 190 valence electrons. The number of carbonyl (C=O) groups is 1. The van der Waals surface area contributed by atoms with Crippen molar-refractivity contribution in [2.24, 2.45) is 0 Å². The minimum absolute atomic E-state index is 0.0836. The number of imidazole rings is 1. The second kappa shape index (κ2) is 10.0. The Morgan fingerprint density at radius 2 is 1.81 bits per heavy atom. The van der Waals surface area contributed by atoms with Crippen molar-refractivity contribution in [2.75, 3.05) is 13.6 Å². The summed E-state index contributed by atoms with van der Waals surface area (Å²) in [6.07, 6.45) is 3.18. The van der Waals surface area contributed by atoms with Crippen molar-refractivity contribution in [2.45, 2.75) is 63.6 Å². The molecule has 0 spiro atoms. The fraction of sp³-hybridized carbons (Fsp3) is 0.400. The molecule has 1 aliphatic rings. The summed E-state index contributed by atoms with van der Waals surface area (Å²) in [7, 11) is 1.78. The summed E-state index contributed by atoms with van der Waals surface area (Å²) < 4.78 is 16.6. The number of fused-ring (bicyclic) bond motifs is 1. The van der Waals surface area contributed by atoms with Gasteiger partial charge in [0.1, 0.15) is 11.5 Å². The van der Waals surface area contributed by atoms with Crippen LogP contribution in [0.5, 0.6) is 0 Å². The maximum atomic E-state index is 14.4. The molecule has 0 saturated heterocycles. The van der Waals surface area contributed by atoms with Crippen LogP contribution in [0.3, 0.4) is 0 Å². The van der Waals surface area contributed by atoms with Gasteiger partial charge in [0.2, 0.25) is 5.91 Å². The zero-order valence-electron chi connectivity index (χ0n) is 21.9. The van der Waals surface area contributed by atoms with Crippen LogP contribution in [-0.2, 0) is 4.79 Å². The summed E-state index contributed by atoms with van der Waals surface area (Å²) in [4.78, 5) is 20.0. The Kier molecular flexibility index (Phi) is 7.19. The van der Waals surface area contributed by atoms with E-state index in [9.17, 15) is 9.18 Å². The molecule has 1 amide bonds. The van der Waals surface area contributed by atoms with E-state index in [0.29, 0.717) is 32.2 Å². The predicted octanol–water partition coefficient (Wildman–Crippen LogP) is 6.39. The van der Waals surface area contributed by atoms with Gasteiger partial charge >= 0.3 is 0 Å². The minimum Gasteiger partial charge on any atom is -0.314 e. The largest absolute Gasteiger partial charge is 0.314 e. The quantitative estimate of drug-likeness (QED) is 0.399. The summed E-state index contributed by atoms with van der Waals surface area (Å²) in [5.74, 6) is 1.20. The van der Waals surface area contributed by atoms with Gasteiger partial charge in [0.05, 0.1) is 23.1 Å². The van der Waals surface area contributed by atoms with E-state index in [1.165, 1.54) is 0 Å². The van der Waals surface area contributed by atoms with E-state index in [4.69, 9.17) is 4.98 Å². The highest BCUT2D eigenvalue weighted by Crippen LogP contribution is 2.38. The molecule has 1 aromatic heterocycles. The highest BCUT2D eigenvalue weighted by molar-refractivity contribution is 5.89. The molecular formula is C30H37FN4O. The van der Waals surface area contributed by atoms with E-state index in [2.05, 4.69) is 55.1 Å². The number of halogens is 1. The Hall–Kier alpha value is -3.25. The van der Waals surface area contributed by atoms with Crippen LogP contribution in [0.15, 0.2) is 67.9 Å². The molecule has 6 heteroatoms. The number of hydrogen-bond donors (Lipinski definition) is 1. The monoisotopic (exact) mass is 488 g/mol. The number of nitrogens with zero attached hydrogens (tertiary/aromatic N) is 3. The Morgan fingerprint density at radius 1 is 1.17 bits per heavy atom. The van der Waals surface area contributed by atoms with Crippen LogP contribution in [0, 0.1) is 0 Å². The number of nitrogens with one attached hydrogen (secondary N) is 1. The third-order valence-corrected chi connectivity index (χ3v) is 7.51. The van der Waals surface area contributed by atoms with E-state index < -0.39 is 11.2 Å². The van der Waals surface area contributed by atoms with Crippen molar-refractivity contribution in [3.05, 3.63) is 79.3 Å². The average molecular weight is 489 g/mol. The van der Waals surface area contributed by atoms with Crippen molar-refractivity contribution in [1.29, 1.82) is 0 Å². The van der Waals surface area contributed by atoms with Gasteiger partial charge in [-0.25, -0.2) is 9.37 Å². The summed E-state index contributed by atoms with van der Waals surface area (Å²) in [5.41, 5.74) is 2.85. The lowest BCUT2D eigenvalue weighted by Gasteiger charge is -2.42. The number of para-hydroxylation sites is 2. The van der Waals surface area contributed by atoms with Crippen LogP contribution in [-0.4, -0.2) is 45.2 Å². The topological polar surface area (TPSA) is 50.2 Å². The molecule has 5 nitrogen and oxygen atoms in total. The van der Waals surface area contributed by atoms with Gasteiger partial charge in [0.15, 0.2) is 0 Å². The van der Waals surface area contributed by atoms with Crippen LogP contribution >= 0.6 is 0 Å². The molecule has 1 saturated carbocycles. The molecule has 1 aliphatic carbocycles. The number of alkyl halides is 1. The molecule has 3 aromatic rings. The second-order valence-corrected chi connectivity index (χ2v) is 10.5. The second-order valence-electron chi connectivity index (χ2n) is 10.5. The number of benzene rings is 2. The van der Waals surface area contributed by atoms with Crippen molar-refractivity contribution >= 4 is 22.5 Å². The normalized spacial score (nSPS) is 22.1. The van der Waals surface area contributed by atoms with Gasteiger partial charge in [-0.2, -0.15) is 0 Å². The Morgan fingerprint density at radius 3 is 2.39 bits per heavy atom. The fourth-order valence-corrected chi connectivity index (χ4v) is 5.11. The lowest BCUT2D eigenvalue weighted by molar-refractivity contribution is -0.137. The van der Waals surface area contributed by atoms with Crippen LogP contribution in [0.25, 0.3) is 22.3 Å². The Labute approximate surface area is 213 Å².